The summed E-state index contributed by atoms with van der Waals surface area (Å²) in [6.45, 7) is 4.66. The van der Waals surface area contributed by atoms with Gasteiger partial charge in [-0.25, -0.2) is 0 Å². The Morgan fingerprint density at radius 2 is 1.79 bits per heavy atom. The fraction of sp³-hybridized carbons (Fsp3) is 0.467. The first-order chi connectivity index (χ1) is 8.99. The van der Waals surface area contributed by atoms with E-state index in [1.165, 1.54) is 0 Å². The molecule has 1 aromatic carbocycles. The molecule has 1 atom stereocenters. The second kappa shape index (κ2) is 7.56. The van der Waals surface area contributed by atoms with Crippen LogP contribution in [0.5, 0.6) is 0 Å². The third kappa shape index (κ3) is 6.04. The van der Waals surface area contributed by atoms with E-state index in [4.69, 9.17) is 5.11 Å². The molecule has 0 saturated carbocycles. The van der Waals surface area contributed by atoms with Gasteiger partial charge in [0.05, 0.1) is 6.42 Å². The molecule has 4 nitrogen and oxygen atoms in total. The molecule has 0 heterocycles. The summed E-state index contributed by atoms with van der Waals surface area (Å²) in [6.07, 6.45) is 0.183. The zero-order valence-electron chi connectivity index (χ0n) is 11.4. The topological polar surface area (TPSA) is 66.4 Å². The number of amides is 1. The van der Waals surface area contributed by atoms with E-state index < -0.39 is 5.97 Å². The number of carbonyl (C=O) groups is 2. The van der Waals surface area contributed by atoms with Crippen molar-refractivity contribution in [2.24, 2.45) is 5.92 Å². The van der Waals surface area contributed by atoms with E-state index in [0.29, 0.717) is 12.5 Å². The first-order valence-electron chi connectivity index (χ1n) is 6.52. The number of carboxylic acid groups (broad SMARTS) is 1. The van der Waals surface area contributed by atoms with Crippen molar-refractivity contribution in [1.29, 1.82) is 0 Å². The molecule has 0 aliphatic rings. The highest BCUT2D eigenvalue weighted by Crippen LogP contribution is 2.23. The van der Waals surface area contributed by atoms with Gasteiger partial charge >= 0.3 is 5.97 Å². The number of rotatable bonds is 7. The van der Waals surface area contributed by atoms with Crippen molar-refractivity contribution in [3.63, 3.8) is 0 Å². The number of nitrogens with one attached hydrogen (secondary N) is 1. The van der Waals surface area contributed by atoms with Gasteiger partial charge in [-0.3, -0.25) is 9.59 Å². The maximum Gasteiger partial charge on any atom is 0.303 e. The zero-order valence-corrected chi connectivity index (χ0v) is 11.4. The lowest BCUT2D eigenvalue weighted by molar-refractivity contribution is -0.137. The second-order valence-electron chi connectivity index (χ2n) is 5.11. The summed E-state index contributed by atoms with van der Waals surface area (Å²) >= 11 is 0. The summed E-state index contributed by atoms with van der Waals surface area (Å²) in [6, 6.07) is 9.32. The van der Waals surface area contributed by atoms with E-state index in [2.05, 4.69) is 5.32 Å². The molecule has 1 amide bonds. The van der Waals surface area contributed by atoms with Crippen LogP contribution in [0.25, 0.3) is 0 Å². The lowest BCUT2D eigenvalue weighted by Crippen LogP contribution is -2.29. The number of hydrogen-bond donors (Lipinski definition) is 2. The summed E-state index contributed by atoms with van der Waals surface area (Å²) in [4.78, 5) is 22.7. The van der Waals surface area contributed by atoms with Gasteiger partial charge in [0, 0.05) is 18.9 Å². The normalized spacial score (nSPS) is 12.2. The molecule has 0 aliphatic carbocycles. The van der Waals surface area contributed by atoms with Crippen LogP contribution in [0.15, 0.2) is 30.3 Å². The molecule has 1 aromatic rings. The maximum absolute atomic E-state index is 11.8. The maximum atomic E-state index is 11.8. The van der Waals surface area contributed by atoms with Gasteiger partial charge in [-0.05, 0) is 11.5 Å². The summed E-state index contributed by atoms with van der Waals surface area (Å²) < 4.78 is 0. The average molecular weight is 263 g/mol. The lowest BCUT2D eigenvalue weighted by atomic mass is 9.92. The Balaban J connectivity index is 2.65. The summed E-state index contributed by atoms with van der Waals surface area (Å²) in [5.74, 6) is -0.862. The third-order valence-corrected chi connectivity index (χ3v) is 2.83. The van der Waals surface area contributed by atoms with Gasteiger partial charge in [-0.1, -0.05) is 44.2 Å². The number of carbonyl (C=O) groups excluding carboxylic acids is 1. The third-order valence-electron chi connectivity index (χ3n) is 2.83. The fourth-order valence-corrected chi connectivity index (χ4v) is 1.86. The van der Waals surface area contributed by atoms with Crippen molar-refractivity contribution < 1.29 is 14.7 Å². The van der Waals surface area contributed by atoms with Gasteiger partial charge in [0.15, 0.2) is 0 Å². The monoisotopic (exact) mass is 263 g/mol. The number of benzene rings is 1. The van der Waals surface area contributed by atoms with Crippen molar-refractivity contribution in [1.82, 2.24) is 5.32 Å². The van der Waals surface area contributed by atoms with Crippen LogP contribution in [-0.2, 0) is 9.59 Å². The lowest BCUT2D eigenvalue weighted by Gasteiger charge is -2.15. The van der Waals surface area contributed by atoms with Crippen LogP contribution in [0.2, 0.25) is 0 Å². The minimum atomic E-state index is -0.884. The van der Waals surface area contributed by atoms with Gasteiger partial charge in [0.1, 0.15) is 0 Å². The van der Waals surface area contributed by atoms with E-state index in [9.17, 15) is 9.59 Å². The van der Waals surface area contributed by atoms with Gasteiger partial charge in [0.2, 0.25) is 5.91 Å². The fourth-order valence-electron chi connectivity index (χ4n) is 1.86. The standard InChI is InChI=1S/C15H21NO3/c1-11(2)10-16-14(17)8-13(9-15(18)19)12-6-4-3-5-7-12/h3-7,11,13H,8-10H2,1-2H3,(H,16,17)(H,18,19)/t13-/m1/s1. The number of hydrogen-bond acceptors (Lipinski definition) is 2. The highest BCUT2D eigenvalue weighted by molar-refractivity contribution is 5.78. The van der Waals surface area contributed by atoms with Gasteiger partial charge in [-0.2, -0.15) is 0 Å². The highest BCUT2D eigenvalue weighted by atomic mass is 16.4. The van der Waals surface area contributed by atoms with Crippen LogP contribution >= 0.6 is 0 Å². The Morgan fingerprint density at radius 3 is 2.32 bits per heavy atom. The Hall–Kier alpha value is -1.84. The molecule has 0 aromatic heterocycles. The van der Waals surface area contributed by atoms with Crippen molar-refractivity contribution in [2.75, 3.05) is 6.54 Å². The van der Waals surface area contributed by atoms with Crippen LogP contribution in [0, 0.1) is 5.92 Å². The quantitative estimate of drug-likeness (QED) is 0.794. The average Bonchev–Trinajstić information content (AvgIpc) is 2.36. The smallest absolute Gasteiger partial charge is 0.303 e. The second-order valence-corrected chi connectivity index (χ2v) is 5.11. The van der Waals surface area contributed by atoms with E-state index in [1.807, 2.05) is 44.2 Å². The highest BCUT2D eigenvalue weighted by Gasteiger charge is 2.19. The predicted octanol–water partition coefficient (Wildman–Crippen LogP) is 2.41. The molecule has 0 radical (unpaired) electrons. The summed E-state index contributed by atoms with van der Waals surface area (Å²) in [5.41, 5.74) is 0.893. The molecular formula is C15H21NO3. The number of aliphatic carboxylic acids is 1. The first kappa shape index (κ1) is 15.2. The largest absolute Gasteiger partial charge is 0.481 e. The van der Waals surface area contributed by atoms with Crippen LogP contribution in [0.3, 0.4) is 0 Å². The minimum absolute atomic E-state index is 0.0287. The number of carboxylic acids is 1. The molecule has 0 unspecified atom stereocenters. The Labute approximate surface area is 113 Å². The first-order valence-corrected chi connectivity index (χ1v) is 6.52. The van der Waals surface area contributed by atoms with Crippen molar-refractivity contribution in [3.8, 4) is 0 Å². The molecule has 104 valence electrons. The molecular weight excluding hydrogens is 242 g/mol. The molecule has 0 fully saturated rings. The van der Waals surface area contributed by atoms with Gasteiger partial charge in [-0.15, -0.1) is 0 Å². The SMILES string of the molecule is CC(C)CNC(=O)C[C@H](CC(=O)O)c1ccccc1. The molecule has 0 aliphatic heterocycles. The molecule has 0 bridgehead atoms. The molecule has 1 rings (SSSR count). The predicted molar refractivity (Wildman–Crippen MR) is 73.9 cm³/mol. The Kier molecular flexibility index (Phi) is 6.06. The van der Waals surface area contributed by atoms with E-state index in [0.717, 1.165) is 5.56 Å². The zero-order chi connectivity index (χ0) is 14.3. The van der Waals surface area contributed by atoms with Crippen LogP contribution in [-0.4, -0.2) is 23.5 Å². The molecule has 2 N–H and O–H groups in total. The van der Waals surface area contributed by atoms with Crippen LogP contribution in [0.1, 0.15) is 38.2 Å². The molecule has 4 heteroatoms. The van der Waals surface area contributed by atoms with Gasteiger partial charge in [0.25, 0.3) is 0 Å². The van der Waals surface area contributed by atoms with E-state index >= 15 is 0 Å². The van der Waals surface area contributed by atoms with E-state index in [1.54, 1.807) is 0 Å². The van der Waals surface area contributed by atoms with E-state index in [-0.39, 0.29) is 24.7 Å². The Morgan fingerprint density at radius 1 is 1.16 bits per heavy atom. The van der Waals surface area contributed by atoms with Crippen LogP contribution in [0.4, 0.5) is 0 Å². The molecule has 0 saturated heterocycles. The van der Waals surface area contributed by atoms with Gasteiger partial charge < -0.3 is 10.4 Å². The molecule has 19 heavy (non-hydrogen) atoms. The van der Waals surface area contributed by atoms with Crippen molar-refractivity contribution >= 4 is 11.9 Å². The minimum Gasteiger partial charge on any atom is -0.481 e. The summed E-state index contributed by atoms with van der Waals surface area (Å²) in [5, 5.41) is 11.8. The van der Waals surface area contributed by atoms with Crippen molar-refractivity contribution in [2.45, 2.75) is 32.6 Å². The Bertz CT molecular complexity index is 415. The summed E-state index contributed by atoms with van der Waals surface area (Å²) in [7, 11) is 0. The van der Waals surface area contributed by atoms with Crippen molar-refractivity contribution in [3.05, 3.63) is 35.9 Å². The van der Waals surface area contributed by atoms with Crippen LogP contribution < -0.4 is 5.32 Å². The molecule has 0 spiro atoms.